The smallest absolute Gasteiger partial charge is 0.243 e. The molecular formula is C18H28N2O5S. The molecule has 26 heavy (non-hydrogen) atoms. The third-order valence-corrected chi connectivity index (χ3v) is 6.81. The van der Waals surface area contributed by atoms with Gasteiger partial charge in [0, 0.05) is 51.5 Å². The molecule has 1 fully saturated rings. The maximum Gasteiger partial charge on any atom is 0.243 e. The molecule has 2 atom stereocenters. The summed E-state index contributed by atoms with van der Waals surface area (Å²) in [5, 5.41) is 0. The number of ether oxygens (including phenoxy) is 3. The molecular weight excluding hydrogens is 356 g/mol. The quantitative estimate of drug-likeness (QED) is 0.694. The topological polar surface area (TPSA) is 68.3 Å². The molecule has 2 heterocycles. The van der Waals surface area contributed by atoms with Crippen LogP contribution >= 0.6 is 0 Å². The second-order valence-corrected chi connectivity index (χ2v) is 8.85. The first-order valence-electron chi connectivity index (χ1n) is 9.08. The summed E-state index contributed by atoms with van der Waals surface area (Å²) in [5.74, 6) is 1.09. The van der Waals surface area contributed by atoms with E-state index in [1.165, 1.54) is 0 Å². The highest BCUT2D eigenvalue weighted by Crippen LogP contribution is 2.33. The van der Waals surface area contributed by atoms with Crippen LogP contribution in [-0.2, 0) is 14.8 Å². The van der Waals surface area contributed by atoms with Crippen LogP contribution in [0.3, 0.4) is 0 Å². The van der Waals surface area contributed by atoms with Gasteiger partial charge in [0.1, 0.15) is 13.2 Å². The van der Waals surface area contributed by atoms with Crippen LogP contribution in [0.15, 0.2) is 23.1 Å². The van der Waals surface area contributed by atoms with Gasteiger partial charge in [-0.05, 0) is 32.4 Å². The number of methoxy groups -OCH3 is 1. The minimum atomic E-state index is -3.56. The molecule has 0 N–H and O–H groups in total. The number of piperazine rings is 1. The van der Waals surface area contributed by atoms with E-state index in [2.05, 4.69) is 18.7 Å². The summed E-state index contributed by atoms with van der Waals surface area (Å²) in [6.07, 6.45) is 0.945. The standard InChI is InChI=1S/C18H28N2O5S/c1-14-12-19(13-15(2)20(14)7-4-8-23-3)26(21,22)16-5-6-17-18(11-16)25-10-9-24-17/h5-6,11,14-15H,4,7-10,12-13H2,1-3H3. The highest BCUT2D eigenvalue weighted by atomic mass is 32.2. The summed E-state index contributed by atoms with van der Waals surface area (Å²) in [4.78, 5) is 2.61. The Morgan fingerprint density at radius 2 is 1.77 bits per heavy atom. The highest BCUT2D eigenvalue weighted by Gasteiger charge is 2.36. The lowest BCUT2D eigenvalue weighted by Gasteiger charge is -2.43. The first-order valence-corrected chi connectivity index (χ1v) is 10.5. The fourth-order valence-electron chi connectivity index (χ4n) is 3.67. The lowest BCUT2D eigenvalue weighted by Crippen LogP contribution is -2.58. The summed E-state index contributed by atoms with van der Waals surface area (Å²) >= 11 is 0. The Labute approximate surface area is 155 Å². The van der Waals surface area contributed by atoms with Crippen molar-refractivity contribution in [3.8, 4) is 11.5 Å². The minimum Gasteiger partial charge on any atom is -0.486 e. The summed E-state index contributed by atoms with van der Waals surface area (Å²) < 4.78 is 44.0. The highest BCUT2D eigenvalue weighted by molar-refractivity contribution is 7.89. The summed E-state index contributed by atoms with van der Waals surface area (Å²) in [7, 11) is -1.86. The van der Waals surface area contributed by atoms with Gasteiger partial charge in [-0.25, -0.2) is 8.42 Å². The minimum absolute atomic E-state index is 0.155. The first-order chi connectivity index (χ1) is 12.4. The number of hydrogen-bond donors (Lipinski definition) is 0. The van der Waals surface area contributed by atoms with Crippen molar-refractivity contribution in [2.75, 3.05) is 46.6 Å². The lowest BCUT2D eigenvalue weighted by molar-refractivity contribution is 0.0665. The van der Waals surface area contributed by atoms with Crippen LogP contribution in [0.25, 0.3) is 0 Å². The number of fused-ring (bicyclic) bond motifs is 1. The number of nitrogens with zero attached hydrogens (tertiary/aromatic N) is 2. The zero-order valence-electron chi connectivity index (χ0n) is 15.7. The van der Waals surface area contributed by atoms with Crippen LogP contribution in [-0.4, -0.2) is 76.3 Å². The lowest BCUT2D eigenvalue weighted by atomic mass is 10.1. The number of hydrogen-bond acceptors (Lipinski definition) is 6. The zero-order valence-corrected chi connectivity index (χ0v) is 16.5. The van der Waals surface area contributed by atoms with E-state index in [9.17, 15) is 8.42 Å². The van der Waals surface area contributed by atoms with Crippen molar-refractivity contribution in [2.24, 2.45) is 0 Å². The predicted octanol–water partition coefficient (Wildman–Crippen LogP) is 1.58. The van der Waals surface area contributed by atoms with Crippen LogP contribution in [0, 0.1) is 0 Å². The average molecular weight is 384 g/mol. The Morgan fingerprint density at radius 3 is 2.42 bits per heavy atom. The summed E-state index contributed by atoms with van der Waals surface area (Å²) in [5.41, 5.74) is 0. The van der Waals surface area contributed by atoms with Gasteiger partial charge in [-0.2, -0.15) is 4.31 Å². The van der Waals surface area contributed by atoms with Gasteiger partial charge in [-0.1, -0.05) is 0 Å². The van der Waals surface area contributed by atoms with Gasteiger partial charge in [0.15, 0.2) is 11.5 Å². The van der Waals surface area contributed by atoms with E-state index in [1.54, 1.807) is 29.6 Å². The summed E-state index contributed by atoms with van der Waals surface area (Å²) in [6, 6.07) is 5.16. The van der Waals surface area contributed by atoms with Crippen LogP contribution in [0.1, 0.15) is 20.3 Å². The normalized spacial score (nSPS) is 24.6. The van der Waals surface area contributed by atoms with Crippen molar-refractivity contribution in [3.63, 3.8) is 0 Å². The van der Waals surface area contributed by atoms with Crippen LogP contribution in [0.4, 0.5) is 0 Å². The number of rotatable bonds is 6. The van der Waals surface area contributed by atoms with E-state index in [4.69, 9.17) is 14.2 Å². The third-order valence-electron chi connectivity index (χ3n) is 4.98. The van der Waals surface area contributed by atoms with E-state index in [0.717, 1.165) is 19.6 Å². The van der Waals surface area contributed by atoms with E-state index < -0.39 is 10.0 Å². The van der Waals surface area contributed by atoms with E-state index in [-0.39, 0.29) is 17.0 Å². The molecule has 2 unspecified atom stereocenters. The van der Waals surface area contributed by atoms with Crippen molar-refractivity contribution in [3.05, 3.63) is 18.2 Å². The molecule has 0 spiro atoms. The molecule has 0 radical (unpaired) electrons. The maximum atomic E-state index is 13.1. The molecule has 0 aromatic heterocycles. The van der Waals surface area contributed by atoms with Crippen molar-refractivity contribution in [1.82, 2.24) is 9.21 Å². The van der Waals surface area contributed by atoms with Gasteiger partial charge in [0.05, 0.1) is 4.90 Å². The molecule has 0 bridgehead atoms. The Bertz CT molecular complexity index is 712. The molecule has 1 aromatic rings. The molecule has 146 valence electrons. The molecule has 0 aliphatic carbocycles. The second kappa shape index (κ2) is 8.12. The Balaban J connectivity index is 1.74. The third kappa shape index (κ3) is 3.98. The van der Waals surface area contributed by atoms with E-state index >= 15 is 0 Å². The van der Waals surface area contributed by atoms with Crippen LogP contribution in [0.5, 0.6) is 11.5 Å². The molecule has 1 saturated heterocycles. The molecule has 0 amide bonds. The molecule has 3 rings (SSSR count). The Morgan fingerprint density at radius 1 is 1.12 bits per heavy atom. The maximum absolute atomic E-state index is 13.1. The van der Waals surface area contributed by atoms with E-state index in [1.807, 2.05) is 0 Å². The second-order valence-electron chi connectivity index (χ2n) is 6.91. The molecule has 7 nitrogen and oxygen atoms in total. The van der Waals surface area contributed by atoms with Crippen molar-refractivity contribution < 1.29 is 22.6 Å². The SMILES string of the molecule is COCCCN1C(C)CN(S(=O)(=O)c2ccc3c(c2)OCCO3)CC1C. The fraction of sp³-hybridized carbons (Fsp3) is 0.667. The average Bonchev–Trinajstić information content (AvgIpc) is 2.63. The number of benzene rings is 1. The molecule has 2 aliphatic heterocycles. The van der Waals surface area contributed by atoms with Crippen molar-refractivity contribution in [2.45, 2.75) is 37.2 Å². The summed E-state index contributed by atoms with van der Waals surface area (Å²) in [6.45, 7) is 7.67. The molecule has 0 saturated carbocycles. The van der Waals surface area contributed by atoms with E-state index in [0.29, 0.717) is 37.8 Å². The zero-order chi connectivity index (χ0) is 18.7. The predicted molar refractivity (Wildman–Crippen MR) is 98.3 cm³/mol. The van der Waals surface area contributed by atoms with Crippen LogP contribution in [0.2, 0.25) is 0 Å². The fourth-order valence-corrected chi connectivity index (χ4v) is 5.29. The van der Waals surface area contributed by atoms with Gasteiger partial charge in [-0.15, -0.1) is 0 Å². The van der Waals surface area contributed by atoms with Gasteiger partial charge in [0.2, 0.25) is 10.0 Å². The number of sulfonamides is 1. The molecule has 8 heteroatoms. The monoisotopic (exact) mass is 384 g/mol. The van der Waals surface area contributed by atoms with Crippen molar-refractivity contribution in [1.29, 1.82) is 0 Å². The van der Waals surface area contributed by atoms with Gasteiger partial charge >= 0.3 is 0 Å². The Hall–Kier alpha value is -1.35. The molecule has 2 aliphatic rings. The van der Waals surface area contributed by atoms with Crippen LogP contribution < -0.4 is 9.47 Å². The Kier molecular flexibility index (Phi) is 6.06. The van der Waals surface area contributed by atoms with Crippen molar-refractivity contribution >= 4 is 10.0 Å². The van der Waals surface area contributed by atoms with Gasteiger partial charge in [-0.3, -0.25) is 4.90 Å². The van der Waals surface area contributed by atoms with Gasteiger partial charge < -0.3 is 14.2 Å². The van der Waals surface area contributed by atoms with Gasteiger partial charge in [0.25, 0.3) is 0 Å². The first kappa shape index (κ1) is 19.4. The molecule has 1 aromatic carbocycles. The largest absolute Gasteiger partial charge is 0.486 e.